The predicted octanol–water partition coefficient (Wildman–Crippen LogP) is 5.82. The number of amides is 2. The summed E-state index contributed by atoms with van der Waals surface area (Å²) in [7, 11) is 0. The van der Waals surface area contributed by atoms with Crippen molar-refractivity contribution in [1.82, 2.24) is 10.2 Å². The molecule has 0 saturated carbocycles. The Bertz CT molecular complexity index is 842. The lowest BCUT2D eigenvalue weighted by molar-refractivity contribution is -0.138. The topological polar surface area (TPSA) is 49.4 Å². The zero-order valence-corrected chi connectivity index (χ0v) is 20.0. The molecule has 0 saturated heterocycles. The Balaban J connectivity index is 2.11. The van der Waals surface area contributed by atoms with Crippen molar-refractivity contribution in [3.05, 3.63) is 68.7 Å². The van der Waals surface area contributed by atoms with Crippen LogP contribution in [0.2, 0.25) is 15.1 Å². The average molecular weight is 488 g/mol. The maximum Gasteiger partial charge on any atom is 0.242 e. The van der Waals surface area contributed by atoms with Crippen LogP contribution in [0.25, 0.3) is 0 Å². The lowest BCUT2D eigenvalue weighted by Gasteiger charge is -2.29. The van der Waals surface area contributed by atoms with Gasteiger partial charge in [-0.25, -0.2) is 0 Å². The van der Waals surface area contributed by atoms with Crippen LogP contribution in [-0.4, -0.2) is 35.1 Å². The van der Waals surface area contributed by atoms with E-state index in [-0.39, 0.29) is 24.1 Å². The number of benzene rings is 2. The first-order valence-corrected chi connectivity index (χ1v) is 11.9. The van der Waals surface area contributed by atoms with Crippen molar-refractivity contribution in [3.8, 4) is 0 Å². The summed E-state index contributed by atoms with van der Waals surface area (Å²) in [5.41, 5.74) is 1.71. The molecule has 0 aliphatic carbocycles. The van der Waals surface area contributed by atoms with Crippen molar-refractivity contribution in [2.75, 3.05) is 12.3 Å². The highest BCUT2D eigenvalue weighted by atomic mass is 35.5. The van der Waals surface area contributed by atoms with Crippen LogP contribution in [0.5, 0.6) is 0 Å². The van der Waals surface area contributed by atoms with Gasteiger partial charge in [-0.3, -0.25) is 9.59 Å². The van der Waals surface area contributed by atoms with Crippen molar-refractivity contribution >= 4 is 58.4 Å². The van der Waals surface area contributed by atoms with E-state index in [1.165, 1.54) is 16.7 Å². The number of thioether (sulfide) groups is 1. The van der Waals surface area contributed by atoms with E-state index in [4.69, 9.17) is 34.8 Å². The van der Waals surface area contributed by atoms with Crippen LogP contribution in [0.15, 0.2) is 42.5 Å². The fraction of sp³-hybridized carbons (Fsp3) is 0.364. The Morgan fingerprint density at radius 3 is 2.30 bits per heavy atom. The van der Waals surface area contributed by atoms with Crippen molar-refractivity contribution < 1.29 is 9.59 Å². The smallest absolute Gasteiger partial charge is 0.242 e. The minimum absolute atomic E-state index is 0.149. The zero-order valence-electron chi connectivity index (χ0n) is 17.0. The first-order valence-electron chi connectivity index (χ1n) is 9.65. The second-order valence-electron chi connectivity index (χ2n) is 6.81. The third-order valence-corrected chi connectivity index (χ3v) is 6.46. The summed E-state index contributed by atoms with van der Waals surface area (Å²) in [6.07, 6.45) is 0.819. The molecule has 0 aromatic heterocycles. The summed E-state index contributed by atoms with van der Waals surface area (Å²) >= 11 is 20.0. The summed E-state index contributed by atoms with van der Waals surface area (Å²) in [5.74, 6) is 0.552. The number of carbonyl (C=O) groups excluding carboxylic acids is 2. The van der Waals surface area contributed by atoms with E-state index in [1.54, 1.807) is 25.1 Å². The molecule has 0 radical (unpaired) electrons. The highest BCUT2D eigenvalue weighted by Crippen LogP contribution is 2.27. The number of rotatable bonds is 10. The highest BCUT2D eigenvalue weighted by Gasteiger charge is 2.27. The van der Waals surface area contributed by atoms with Crippen LogP contribution in [-0.2, 0) is 21.9 Å². The minimum atomic E-state index is -0.646. The van der Waals surface area contributed by atoms with Gasteiger partial charge in [-0.15, -0.1) is 11.8 Å². The van der Waals surface area contributed by atoms with Gasteiger partial charge in [0.2, 0.25) is 11.8 Å². The molecule has 2 amide bonds. The van der Waals surface area contributed by atoms with E-state index in [2.05, 4.69) is 5.32 Å². The average Bonchev–Trinajstić information content (AvgIpc) is 2.72. The maximum absolute atomic E-state index is 13.1. The molecule has 0 spiro atoms. The van der Waals surface area contributed by atoms with Crippen molar-refractivity contribution in [2.24, 2.45) is 0 Å². The fourth-order valence-corrected chi connectivity index (χ4v) is 4.27. The molecule has 0 heterocycles. The van der Waals surface area contributed by atoms with Gasteiger partial charge in [0.05, 0.1) is 5.75 Å². The van der Waals surface area contributed by atoms with Gasteiger partial charge in [0, 0.05) is 39.5 Å². The van der Waals surface area contributed by atoms with Crippen LogP contribution in [0.3, 0.4) is 0 Å². The van der Waals surface area contributed by atoms with Gasteiger partial charge >= 0.3 is 0 Å². The van der Waals surface area contributed by atoms with Gasteiger partial charge in [-0.1, -0.05) is 59.9 Å². The van der Waals surface area contributed by atoms with Gasteiger partial charge in [-0.05, 0) is 43.2 Å². The first-order chi connectivity index (χ1) is 14.3. The molecule has 0 aliphatic heterocycles. The summed E-state index contributed by atoms with van der Waals surface area (Å²) in [5, 5.41) is 4.46. The number of hydrogen-bond donors (Lipinski definition) is 1. The van der Waals surface area contributed by atoms with Crippen LogP contribution < -0.4 is 5.32 Å². The standard InChI is InChI=1S/C22H25Cl3N2O2S/c1-3-11-26-22(29)15(2)27(12-18-19(24)5-4-6-20(18)25)21(28)14-30-13-16-7-9-17(23)10-8-16/h4-10,15H,3,11-14H2,1-2H3,(H,26,29)/t15-/m0/s1. The van der Waals surface area contributed by atoms with Crippen LogP contribution in [0.1, 0.15) is 31.4 Å². The van der Waals surface area contributed by atoms with Gasteiger partial charge in [0.25, 0.3) is 0 Å². The molecule has 0 bridgehead atoms. The Kier molecular flexibility index (Phi) is 10.3. The molecular formula is C22H25Cl3N2O2S. The van der Waals surface area contributed by atoms with E-state index < -0.39 is 6.04 Å². The van der Waals surface area contributed by atoms with Gasteiger partial charge in [0.1, 0.15) is 6.04 Å². The molecular weight excluding hydrogens is 463 g/mol. The SMILES string of the molecule is CCCNC(=O)[C@H](C)N(Cc1c(Cl)cccc1Cl)C(=O)CSCc1ccc(Cl)cc1. The number of carbonyl (C=O) groups is 2. The molecule has 0 fully saturated rings. The van der Waals surface area contributed by atoms with E-state index in [1.807, 2.05) is 31.2 Å². The summed E-state index contributed by atoms with van der Waals surface area (Å²) in [6.45, 7) is 4.42. The monoisotopic (exact) mass is 486 g/mol. The normalized spacial score (nSPS) is 11.8. The lowest BCUT2D eigenvalue weighted by atomic mass is 10.1. The Morgan fingerprint density at radius 1 is 1.07 bits per heavy atom. The number of nitrogens with one attached hydrogen (secondary N) is 1. The van der Waals surface area contributed by atoms with E-state index in [0.717, 1.165) is 12.0 Å². The zero-order chi connectivity index (χ0) is 22.1. The largest absolute Gasteiger partial charge is 0.354 e. The van der Waals surface area contributed by atoms with Crippen molar-refractivity contribution in [2.45, 2.75) is 38.6 Å². The Labute approximate surface area is 197 Å². The quantitative estimate of drug-likeness (QED) is 0.459. The first kappa shape index (κ1) is 24.9. The summed E-state index contributed by atoms with van der Waals surface area (Å²) in [4.78, 5) is 27.1. The second-order valence-corrected chi connectivity index (χ2v) is 9.04. The Hall–Kier alpha value is -1.40. The Morgan fingerprint density at radius 2 is 1.70 bits per heavy atom. The molecule has 4 nitrogen and oxygen atoms in total. The van der Waals surface area contributed by atoms with Crippen LogP contribution in [0.4, 0.5) is 0 Å². The second kappa shape index (κ2) is 12.5. The number of nitrogens with zero attached hydrogens (tertiary/aromatic N) is 1. The summed E-state index contributed by atoms with van der Waals surface area (Å²) in [6, 6.07) is 12.1. The number of hydrogen-bond acceptors (Lipinski definition) is 3. The van der Waals surface area contributed by atoms with Crippen molar-refractivity contribution in [3.63, 3.8) is 0 Å². The predicted molar refractivity (Wildman–Crippen MR) is 127 cm³/mol. The molecule has 2 rings (SSSR count). The molecule has 0 unspecified atom stereocenters. The molecule has 0 aliphatic rings. The molecule has 8 heteroatoms. The molecule has 1 atom stereocenters. The van der Waals surface area contributed by atoms with E-state index >= 15 is 0 Å². The lowest BCUT2D eigenvalue weighted by Crippen LogP contribution is -2.48. The highest BCUT2D eigenvalue weighted by molar-refractivity contribution is 7.99. The maximum atomic E-state index is 13.1. The van der Waals surface area contributed by atoms with E-state index in [0.29, 0.717) is 32.9 Å². The van der Waals surface area contributed by atoms with Gasteiger partial charge in [-0.2, -0.15) is 0 Å². The number of halogens is 3. The molecule has 1 N–H and O–H groups in total. The fourth-order valence-electron chi connectivity index (χ4n) is 2.75. The molecule has 30 heavy (non-hydrogen) atoms. The van der Waals surface area contributed by atoms with Crippen LogP contribution >= 0.6 is 46.6 Å². The van der Waals surface area contributed by atoms with E-state index in [9.17, 15) is 9.59 Å². The summed E-state index contributed by atoms with van der Waals surface area (Å²) < 4.78 is 0. The molecule has 162 valence electrons. The van der Waals surface area contributed by atoms with Gasteiger partial charge in [0.15, 0.2) is 0 Å². The van der Waals surface area contributed by atoms with Gasteiger partial charge < -0.3 is 10.2 Å². The van der Waals surface area contributed by atoms with Crippen LogP contribution in [0, 0.1) is 0 Å². The third kappa shape index (κ3) is 7.38. The third-order valence-electron chi connectivity index (χ3n) is 4.51. The molecule has 2 aromatic rings. The van der Waals surface area contributed by atoms with Crippen molar-refractivity contribution in [1.29, 1.82) is 0 Å². The minimum Gasteiger partial charge on any atom is -0.354 e. The molecule has 2 aromatic carbocycles.